The summed E-state index contributed by atoms with van der Waals surface area (Å²) in [5.74, 6) is -2.32. The van der Waals surface area contributed by atoms with Crippen LogP contribution in [0.1, 0.15) is 86.8 Å². The maximum absolute atomic E-state index is 14.1. The predicted molar refractivity (Wildman–Crippen MR) is 148 cm³/mol. The molecule has 4 aliphatic rings. The fourth-order valence-corrected chi connectivity index (χ4v) is 6.76. The molecule has 4 atom stereocenters. The van der Waals surface area contributed by atoms with Crippen LogP contribution < -0.4 is 10.1 Å². The van der Waals surface area contributed by atoms with E-state index in [1.807, 2.05) is 0 Å². The lowest BCUT2D eigenvalue weighted by molar-refractivity contribution is -0.122. The number of hydrogen-bond acceptors (Lipinski definition) is 5. The monoisotopic (exact) mass is 509 g/mol. The van der Waals surface area contributed by atoms with E-state index in [4.69, 9.17) is 0 Å². The van der Waals surface area contributed by atoms with Crippen LogP contribution in [0.25, 0.3) is 0 Å². The Balaban J connectivity index is 1.58. The third-order valence-electron chi connectivity index (χ3n) is 8.69. The quantitative estimate of drug-likeness (QED) is 0.320. The molecule has 6 heteroatoms. The van der Waals surface area contributed by atoms with Crippen LogP contribution in [0.3, 0.4) is 0 Å². The molecule has 1 N–H and O–H groups in total. The number of carbonyl (C=O) groups is 2. The Morgan fingerprint density at radius 1 is 0.711 bits per heavy atom. The molecular formula is C32H33N2O4-. The fraction of sp³-hybridized carbons (Fsp3) is 0.375. The molecule has 3 aromatic carbocycles. The summed E-state index contributed by atoms with van der Waals surface area (Å²) < 4.78 is 0. The minimum absolute atomic E-state index is 0.0662. The third kappa shape index (κ3) is 3.40. The van der Waals surface area contributed by atoms with Crippen LogP contribution >= 0.6 is 0 Å². The number of nitrogens with zero attached hydrogens (tertiary/aromatic N) is 2. The van der Waals surface area contributed by atoms with Gasteiger partial charge in [-0.25, -0.2) is 4.90 Å². The molecule has 196 valence electrons. The zero-order valence-corrected chi connectivity index (χ0v) is 22.6. The first-order valence-electron chi connectivity index (χ1n) is 13.2. The van der Waals surface area contributed by atoms with E-state index >= 15 is 0 Å². The van der Waals surface area contributed by atoms with Gasteiger partial charge in [-0.15, -0.1) is 0 Å². The Labute approximate surface area is 223 Å². The van der Waals surface area contributed by atoms with E-state index < -0.39 is 11.8 Å². The van der Waals surface area contributed by atoms with Gasteiger partial charge in [-0.1, -0.05) is 90.1 Å². The van der Waals surface area contributed by atoms with Crippen LogP contribution in [0.4, 0.5) is 11.4 Å². The zero-order valence-electron chi connectivity index (χ0n) is 22.6. The molecule has 3 aliphatic carbocycles. The van der Waals surface area contributed by atoms with Gasteiger partial charge in [-0.2, -0.15) is 0 Å². The number of imide groups is 1. The molecule has 1 heterocycles. The number of anilines is 2. The molecular weight excluding hydrogens is 476 g/mol. The van der Waals surface area contributed by atoms with Gasteiger partial charge < -0.3 is 10.4 Å². The summed E-state index contributed by atoms with van der Waals surface area (Å²) >= 11 is 0. The van der Waals surface area contributed by atoms with E-state index in [1.165, 1.54) is 17.2 Å². The molecule has 2 bridgehead atoms. The topological polar surface area (TPSA) is 83.9 Å². The van der Waals surface area contributed by atoms with Gasteiger partial charge in [-0.05, 0) is 56.3 Å². The molecule has 0 aromatic heterocycles. The Morgan fingerprint density at radius 2 is 1.16 bits per heavy atom. The third-order valence-corrected chi connectivity index (χ3v) is 8.69. The number of hydrogen-bond donors (Lipinski definition) is 1. The maximum atomic E-state index is 14.1. The first-order valence-corrected chi connectivity index (χ1v) is 13.2. The van der Waals surface area contributed by atoms with Crippen molar-refractivity contribution < 1.29 is 14.8 Å². The molecule has 1 aliphatic heterocycles. The number of rotatable bonds is 2. The van der Waals surface area contributed by atoms with Crippen molar-refractivity contribution in [3.63, 3.8) is 0 Å². The second-order valence-electron chi connectivity index (χ2n) is 13.0. The van der Waals surface area contributed by atoms with Crippen molar-refractivity contribution in [2.75, 3.05) is 10.1 Å². The van der Waals surface area contributed by atoms with Crippen molar-refractivity contribution >= 4 is 23.2 Å². The average Bonchev–Trinajstić information content (AvgIpc) is 3.12. The molecule has 0 saturated carbocycles. The lowest BCUT2D eigenvalue weighted by Gasteiger charge is -2.47. The summed E-state index contributed by atoms with van der Waals surface area (Å²) in [7, 11) is 0. The Morgan fingerprint density at radius 3 is 1.58 bits per heavy atom. The normalized spacial score (nSPS) is 23.8. The van der Waals surface area contributed by atoms with Crippen LogP contribution in [0.15, 0.2) is 60.7 Å². The second-order valence-corrected chi connectivity index (χ2v) is 13.0. The lowest BCUT2D eigenvalue weighted by atomic mass is 9.54. The van der Waals surface area contributed by atoms with Gasteiger partial charge in [-0.3, -0.25) is 14.8 Å². The van der Waals surface area contributed by atoms with E-state index in [2.05, 4.69) is 77.9 Å². The van der Waals surface area contributed by atoms with E-state index in [0.717, 1.165) is 27.2 Å². The molecule has 0 radical (unpaired) electrons. The summed E-state index contributed by atoms with van der Waals surface area (Å²) in [6.45, 7) is 13.1. The van der Waals surface area contributed by atoms with Crippen molar-refractivity contribution in [2.24, 2.45) is 11.8 Å². The van der Waals surface area contributed by atoms with E-state index in [1.54, 1.807) is 18.2 Å². The van der Waals surface area contributed by atoms with E-state index in [9.17, 15) is 20.0 Å². The molecule has 1 fully saturated rings. The van der Waals surface area contributed by atoms with E-state index in [0.29, 0.717) is 0 Å². The molecule has 38 heavy (non-hydrogen) atoms. The van der Waals surface area contributed by atoms with Gasteiger partial charge in [0, 0.05) is 11.8 Å². The van der Waals surface area contributed by atoms with Crippen LogP contribution in [-0.4, -0.2) is 17.0 Å². The van der Waals surface area contributed by atoms with Crippen molar-refractivity contribution in [1.82, 2.24) is 0 Å². The van der Waals surface area contributed by atoms with Crippen LogP contribution in [0.5, 0.6) is 0 Å². The van der Waals surface area contributed by atoms with Gasteiger partial charge in [0.25, 0.3) is 0 Å². The van der Waals surface area contributed by atoms with Gasteiger partial charge >= 0.3 is 0 Å². The predicted octanol–water partition coefficient (Wildman–Crippen LogP) is 6.37. The minimum Gasteiger partial charge on any atom is -0.733 e. The summed E-state index contributed by atoms with van der Waals surface area (Å²) in [5, 5.41) is 21.4. The average molecular weight is 510 g/mol. The molecule has 0 unspecified atom stereocenters. The zero-order chi connectivity index (χ0) is 27.3. The lowest BCUT2D eigenvalue weighted by Crippen LogP contribution is -2.42. The summed E-state index contributed by atoms with van der Waals surface area (Å²) in [4.78, 5) is 29.4. The number of carbonyl (C=O) groups excluding carboxylic acids is 2. The van der Waals surface area contributed by atoms with Crippen molar-refractivity contribution in [3.8, 4) is 0 Å². The number of para-hydroxylation sites is 2. The van der Waals surface area contributed by atoms with Gasteiger partial charge in [0.15, 0.2) is 0 Å². The van der Waals surface area contributed by atoms with Crippen molar-refractivity contribution in [1.29, 1.82) is 0 Å². The SMILES string of the molecule is CC(C)(C)c1ccc2c(c1)[C@@H]1c3ccc(C(C)(C)C)cc3[C@@H]2[C@@H]2C(=O)N(c3ccccc3N([O-])O)C(=O)[C@H]12. The largest absolute Gasteiger partial charge is 0.733 e. The fourth-order valence-electron chi connectivity index (χ4n) is 6.76. The van der Waals surface area contributed by atoms with Crippen molar-refractivity contribution in [2.45, 2.75) is 64.2 Å². The highest BCUT2D eigenvalue weighted by Crippen LogP contribution is 2.62. The molecule has 2 amide bonds. The Hall–Kier alpha value is -3.48. The Kier molecular flexibility index (Phi) is 5.24. The highest BCUT2D eigenvalue weighted by Gasteiger charge is 2.62. The summed E-state index contributed by atoms with van der Waals surface area (Å²) in [6, 6.07) is 19.3. The van der Waals surface area contributed by atoms with Crippen LogP contribution in [0.2, 0.25) is 0 Å². The van der Waals surface area contributed by atoms with Crippen LogP contribution in [-0.2, 0) is 20.4 Å². The standard InChI is InChI=1S/C32H33N2O4/c1-31(2,3)17-11-13-19-21(15-17)25-20-14-12-18(32(4,5)6)16-22(20)26(19)28-27(25)29(35)33(30(28)36)23-9-7-8-10-24(23)34(37)38/h7-16,25-28,37H,1-6H3/q-1/t25-,26+,27+,28-. The molecule has 0 spiro atoms. The van der Waals surface area contributed by atoms with Gasteiger partial charge in [0.1, 0.15) is 0 Å². The van der Waals surface area contributed by atoms with Gasteiger partial charge in [0.2, 0.25) is 11.8 Å². The smallest absolute Gasteiger partial charge is 0.238 e. The summed E-state index contributed by atoms with van der Waals surface area (Å²) in [6.07, 6.45) is 0. The van der Waals surface area contributed by atoms with Gasteiger partial charge in [0.05, 0.1) is 23.2 Å². The van der Waals surface area contributed by atoms with Crippen molar-refractivity contribution in [3.05, 3.63) is 99.3 Å². The number of amides is 2. The summed E-state index contributed by atoms with van der Waals surface area (Å²) in [5.41, 5.74) is 6.68. The Bertz CT molecular complexity index is 1410. The molecule has 3 aromatic rings. The van der Waals surface area contributed by atoms with E-state index in [-0.39, 0.29) is 51.1 Å². The molecule has 6 nitrogen and oxygen atoms in total. The first-order chi connectivity index (χ1) is 17.8. The highest BCUT2D eigenvalue weighted by molar-refractivity contribution is 6.24. The molecule has 1 saturated heterocycles. The minimum atomic E-state index is -0.574. The van der Waals surface area contributed by atoms with Crippen LogP contribution in [0, 0.1) is 17.0 Å². The second kappa shape index (κ2) is 8.01. The molecule has 7 rings (SSSR count). The highest BCUT2D eigenvalue weighted by atomic mass is 16.8. The maximum Gasteiger partial charge on any atom is 0.238 e. The number of benzene rings is 3. The first kappa shape index (κ1) is 24.8.